The van der Waals surface area contributed by atoms with E-state index in [0.29, 0.717) is 5.16 Å². The van der Waals surface area contributed by atoms with Crippen LogP contribution in [0.3, 0.4) is 0 Å². The molecule has 2 N–H and O–H groups in total. The Morgan fingerprint density at radius 2 is 2.10 bits per heavy atom. The monoisotopic (exact) mass is 155 g/mol. The summed E-state index contributed by atoms with van der Waals surface area (Å²) in [7, 11) is 0. The Labute approximate surface area is 61.9 Å². The fourth-order valence-electron chi connectivity index (χ4n) is 0.428. The minimum atomic E-state index is -0.494. The molecular weight excluding hydrogens is 150 g/mol. The number of primary amides is 1. The predicted molar refractivity (Wildman–Crippen MR) is 37.5 cm³/mol. The molecule has 0 atom stereocenters. The van der Waals surface area contributed by atoms with E-state index in [1.54, 1.807) is 18.5 Å². The van der Waals surface area contributed by atoms with Gasteiger partial charge < -0.3 is 5.73 Å². The average molecular weight is 155 g/mol. The topological polar surface area (TPSA) is 68.9 Å². The van der Waals surface area contributed by atoms with Gasteiger partial charge in [-0.05, 0) is 6.07 Å². The normalized spacial score (nSPS) is 9.20. The van der Waals surface area contributed by atoms with Crippen LogP contribution in [0, 0.1) is 0 Å². The molecule has 0 aliphatic rings. The molecule has 0 aliphatic heterocycles. The average Bonchev–Trinajstić information content (AvgIpc) is 1.88. The van der Waals surface area contributed by atoms with Gasteiger partial charge in [0.1, 0.15) is 0 Å². The number of carbonyl (C=O) groups is 1. The molecule has 1 aromatic heterocycles. The van der Waals surface area contributed by atoms with E-state index in [4.69, 9.17) is 5.73 Å². The number of rotatable bonds is 1. The summed E-state index contributed by atoms with van der Waals surface area (Å²) in [5.41, 5.74) is 4.87. The Morgan fingerprint density at radius 3 is 2.60 bits per heavy atom. The van der Waals surface area contributed by atoms with Crippen LogP contribution in [0.4, 0.5) is 4.79 Å². The summed E-state index contributed by atoms with van der Waals surface area (Å²) in [6, 6.07) is 1.67. The van der Waals surface area contributed by atoms with E-state index in [0.717, 1.165) is 11.8 Å². The Morgan fingerprint density at radius 1 is 1.50 bits per heavy atom. The van der Waals surface area contributed by atoms with Crippen molar-refractivity contribution in [2.45, 2.75) is 5.16 Å². The van der Waals surface area contributed by atoms with E-state index in [-0.39, 0.29) is 0 Å². The molecule has 0 aromatic carbocycles. The molecule has 1 amide bonds. The van der Waals surface area contributed by atoms with Crippen LogP contribution in [0.2, 0.25) is 0 Å². The van der Waals surface area contributed by atoms with Gasteiger partial charge in [0.15, 0.2) is 5.16 Å². The van der Waals surface area contributed by atoms with Crippen LogP contribution in [0.1, 0.15) is 0 Å². The van der Waals surface area contributed by atoms with Crippen molar-refractivity contribution < 1.29 is 4.79 Å². The largest absolute Gasteiger partial charge is 0.360 e. The first-order valence-electron chi connectivity index (χ1n) is 2.53. The minimum Gasteiger partial charge on any atom is -0.360 e. The van der Waals surface area contributed by atoms with Gasteiger partial charge in [-0.25, -0.2) is 9.97 Å². The van der Waals surface area contributed by atoms with Crippen molar-refractivity contribution >= 4 is 17.0 Å². The van der Waals surface area contributed by atoms with E-state index >= 15 is 0 Å². The highest BCUT2D eigenvalue weighted by atomic mass is 32.2. The lowest BCUT2D eigenvalue weighted by atomic mass is 10.7. The molecule has 4 nitrogen and oxygen atoms in total. The molecule has 10 heavy (non-hydrogen) atoms. The summed E-state index contributed by atoms with van der Waals surface area (Å²) in [6.07, 6.45) is 3.11. The van der Waals surface area contributed by atoms with Crippen molar-refractivity contribution in [3.63, 3.8) is 0 Å². The maximum Gasteiger partial charge on any atom is 0.284 e. The number of hydrogen-bond acceptors (Lipinski definition) is 4. The van der Waals surface area contributed by atoms with E-state index in [9.17, 15) is 4.79 Å². The van der Waals surface area contributed by atoms with Crippen molar-refractivity contribution in [1.82, 2.24) is 9.97 Å². The van der Waals surface area contributed by atoms with Gasteiger partial charge in [-0.1, -0.05) is 0 Å². The van der Waals surface area contributed by atoms with Crippen LogP contribution in [-0.2, 0) is 0 Å². The first-order chi connectivity index (χ1) is 4.79. The molecule has 0 aliphatic carbocycles. The van der Waals surface area contributed by atoms with Gasteiger partial charge >= 0.3 is 0 Å². The van der Waals surface area contributed by atoms with Crippen LogP contribution >= 0.6 is 11.8 Å². The standard InChI is InChI=1S/C5H5N3OS/c6-4(9)10-5-7-2-1-3-8-5/h1-3H,(H2,6,9). The third-order valence-electron chi connectivity index (χ3n) is 0.734. The molecule has 0 fully saturated rings. The second kappa shape index (κ2) is 3.17. The Kier molecular flexibility index (Phi) is 2.22. The molecule has 0 unspecified atom stereocenters. The molecule has 0 radical (unpaired) electrons. The maximum absolute atomic E-state index is 10.3. The lowest BCUT2D eigenvalue weighted by Crippen LogP contribution is -2.02. The van der Waals surface area contributed by atoms with E-state index in [1.165, 1.54) is 0 Å². The highest BCUT2D eigenvalue weighted by Gasteiger charge is 1.98. The number of amides is 1. The molecule has 0 saturated carbocycles. The predicted octanol–water partition coefficient (Wildman–Crippen LogP) is 0.647. The van der Waals surface area contributed by atoms with Gasteiger partial charge in [0.25, 0.3) is 5.24 Å². The van der Waals surface area contributed by atoms with Crippen molar-refractivity contribution in [2.75, 3.05) is 0 Å². The van der Waals surface area contributed by atoms with Gasteiger partial charge in [-0.2, -0.15) is 0 Å². The number of hydrogen-bond donors (Lipinski definition) is 1. The lowest BCUT2D eigenvalue weighted by molar-refractivity contribution is 0.267. The summed E-state index contributed by atoms with van der Waals surface area (Å²) >= 11 is 0.815. The number of nitrogens with zero attached hydrogens (tertiary/aromatic N) is 2. The van der Waals surface area contributed by atoms with Gasteiger partial charge in [0.2, 0.25) is 0 Å². The van der Waals surface area contributed by atoms with E-state index in [1.807, 2.05) is 0 Å². The van der Waals surface area contributed by atoms with Crippen molar-refractivity contribution in [3.8, 4) is 0 Å². The van der Waals surface area contributed by atoms with Crippen molar-refractivity contribution in [3.05, 3.63) is 18.5 Å². The molecular formula is C5H5N3OS. The summed E-state index contributed by atoms with van der Waals surface area (Å²) < 4.78 is 0. The minimum absolute atomic E-state index is 0.384. The molecule has 1 rings (SSSR count). The molecule has 1 heterocycles. The second-order valence-corrected chi connectivity index (χ2v) is 2.42. The number of nitrogens with two attached hydrogens (primary N) is 1. The first kappa shape index (κ1) is 7.01. The van der Waals surface area contributed by atoms with Gasteiger partial charge in [-0.15, -0.1) is 0 Å². The van der Waals surface area contributed by atoms with Gasteiger partial charge in [0, 0.05) is 24.2 Å². The molecule has 0 saturated heterocycles. The summed E-state index contributed by atoms with van der Waals surface area (Å²) in [5.74, 6) is 0. The third-order valence-corrected chi connectivity index (χ3v) is 1.33. The van der Waals surface area contributed by atoms with Crippen molar-refractivity contribution in [2.24, 2.45) is 5.73 Å². The Hall–Kier alpha value is -1.10. The fourth-order valence-corrected chi connectivity index (χ4v) is 0.835. The molecule has 0 spiro atoms. The second-order valence-electron chi connectivity index (χ2n) is 1.45. The number of thioether (sulfide) groups is 1. The molecule has 5 heteroatoms. The fraction of sp³-hybridized carbons (Fsp3) is 0. The highest BCUT2D eigenvalue weighted by molar-refractivity contribution is 8.13. The van der Waals surface area contributed by atoms with E-state index < -0.39 is 5.24 Å². The summed E-state index contributed by atoms with van der Waals surface area (Å²) in [5, 5.41) is -0.110. The SMILES string of the molecule is NC(=O)Sc1ncccn1. The maximum atomic E-state index is 10.3. The third kappa shape index (κ3) is 2.02. The quantitative estimate of drug-likeness (QED) is 0.477. The van der Waals surface area contributed by atoms with Crippen LogP contribution < -0.4 is 5.73 Å². The smallest absolute Gasteiger partial charge is 0.284 e. The van der Waals surface area contributed by atoms with Crippen LogP contribution in [0.25, 0.3) is 0 Å². The molecule has 52 valence electrons. The Bertz CT molecular complexity index is 226. The van der Waals surface area contributed by atoms with Crippen LogP contribution in [0.15, 0.2) is 23.6 Å². The van der Waals surface area contributed by atoms with Gasteiger partial charge in [-0.3, -0.25) is 4.79 Å². The molecule has 1 aromatic rings. The Balaban J connectivity index is 2.67. The summed E-state index contributed by atoms with van der Waals surface area (Å²) in [6.45, 7) is 0. The zero-order chi connectivity index (χ0) is 7.40. The molecule has 0 bridgehead atoms. The summed E-state index contributed by atoms with van der Waals surface area (Å²) in [4.78, 5) is 17.8. The highest BCUT2D eigenvalue weighted by Crippen LogP contribution is 2.08. The van der Waals surface area contributed by atoms with Crippen LogP contribution in [0.5, 0.6) is 0 Å². The zero-order valence-corrected chi connectivity index (χ0v) is 5.84. The van der Waals surface area contributed by atoms with Crippen molar-refractivity contribution in [1.29, 1.82) is 0 Å². The number of aromatic nitrogens is 2. The number of carbonyl (C=O) groups excluding carboxylic acids is 1. The first-order valence-corrected chi connectivity index (χ1v) is 3.35. The van der Waals surface area contributed by atoms with E-state index in [2.05, 4.69) is 9.97 Å². The van der Waals surface area contributed by atoms with Gasteiger partial charge in [0.05, 0.1) is 0 Å². The zero-order valence-electron chi connectivity index (χ0n) is 5.02. The van der Waals surface area contributed by atoms with Crippen LogP contribution in [-0.4, -0.2) is 15.2 Å². The lowest BCUT2D eigenvalue weighted by Gasteiger charge is -1.90.